The highest BCUT2D eigenvalue weighted by Gasteiger charge is 2.19. The smallest absolute Gasteiger partial charge is 0.0724 e. The maximum absolute atomic E-state index is 5.19. The number of fused-ring (bicyclic) bond motifs is 2. The summed E-state index contributed by atoms with van der Waals surface area (Å²) in [5, 5.41) is 7.62. The monoisotopic (exact) mass is 442 g/mol. The second-order valence-corrected chi connectivity index (χ2v) is 11.2. The number of hydrogen-bond donors (Lipinski definition) is 0. The normalized spacial score (nSPS) is 12.5. The van der Waals surface area contributed by atoms with E-state index in [1.165, 1.54) is 54.6 Å². The van der Waals surface area contributed by atoms with E-state index < -0.39 is 0 Å². The molecule has 34 heavy (non-hydrogen) atoms. The van der Waals surface area contributed by atoms with Crippen molar-refractivity contribution in [1.29, 1.82) is 0 Å². The van der Waals surface area contributed by atoms with Crippen LogP contribution in [-0.2, 0) is 6.42 Å². The van der Waals surface area contributed by atoms with E-state index in [1.54, 1.807) is 0 Å². The average molecular weight is 443 g/mol. The highest BCUT2D eigenvalue weighted by atomic mass is 14.7. The molecule has 0 unspecified atom stereocenters. The van der Waals surface area contributed by atoms with E-state index in [0.29, 0.717) is 0 Å². The molecule has 0 bridgehead atoms. The van der Waals surface area contributed by atoms with Crippen molar-refractivity contribution in [3.05, 3.63) is 83.0 Å². The van der Waals surface area contributed by atoms with Crippen molar-refractivity contribution in [2.75, 3.05) is 0 Å². The van der Waals surface area contributed by atoms with Crippen LogP contribution in [0.5, 0.6) is 0 Å². The van der Waals surface area contributed by atoms with Gasteiger partial charge in [0.05, 0.1) is 16.7 Å². The zero-order valence-electron chi connectivity index (χ0n) is 20.9. The third-order valence-corrected chi connectivity index (χ3v) is 6.75. The van der Waals surface area contributed by atoms with E-state index in [0.717, 1.165) is 28.8 Å². The molecule has 6 aromatic rings. The van der Waals surface area contributed by atoms with Crippen LogP contribution in [0, 0.1) is 26.2 Å². The maximum atomic E-state index is 5.19. The molecular weight excluding hydrogens is 412 g/mol. The van der Waals surface area contributed by atoms with Crippen LogP contribution in [0.25, 0.3) is 54.6 Å². The van der Waals surface area contributed by atoms with Crippen LogP contribution in [0.15, 0.2) is 60.7 Å². The summed E-state index contributed by atoms with van der Waals surface area (Å²) in [7, 11) is 0. The Morgan fingerprint density at radius 2 is 1.26 bits per heavy atom. The lowest BCUT2D eigenvalue weighted by molar-refractivity contribution is 0.407. The number of aromatic nitrogens is 2. The predicted molar refractivity (Wildman–Crippen MR) is 146 cm³/mol. The quantitative estimate of drug-likeness (QED) is 0.198. The van der Waals surface area contributed by atoms with Crippen molar-refractivity contribution in [3.63, 3.8) is 0 Å². The number of nitrogens with zero attached hydrogens (tertiary/aromatic N) is 2. The molecule has 0 aliphatic carbocycles. The molecule has 4 aromatic carbocycles. The lowest BCUT2D eigenvalue weighted by Crippen LogP contribution is -2.10. The van der Waals surface area contributed by atoms with Gasteiger partial charge in [0.2, 0.25) is 0 Å². The average Bonchev–Trinajstić information content (AvgIpc) is 2.74. The Balaban J connectivity index is 1.80. The molecule has 2 heteroatoms. The Hall–Kier alpha value is -3.52. The molecule has 0 N–H and O–H groups in total. The molecule has 0 saturated heterocycles. The van der Waals surface area contributed by atoms with Gasteiger partial charge in [-0.2, -0.15) is 0 Å². The van der Waals surface area contributed by atoms with Gasteiger partial charge in [-0.15, -0.1) is 0 Å². The van der Waals surface area contributed by atoms with Crippen molar-refractivity contribution >= 4 is 43.4 Å². The van der Waals surface area contributed by atoms with Gasteiger partial charge in [-0.3, -0.25) is 4.98 Å². The zero-order valence-corrected chi connectivity index (χ0v) is 20.9. The number of pyridine rings is 2. The van der Waals surface area contributed by atoms with Crippen LogP contribution in [0.2, 0.25) is 0 Å². The van der Waals surface area contributed by atoms with Gasteiger partial charge in [-0.1, -0.05) is 56.2 Å². The molecular formula is C32H30N2. The molecule has 6 rings (SSSR count). The first-order valence-electron chi connectivity index (χ1n) is 12.1. The van der Waals surface area contributed by atoms with Crippen LogP contribution >= 0.6 is 0 Å². The summed E-state index contributed by atoms with van der Waals surface area (Å²) in [5.74, 6) is 0. The summed E-state index contributed by atoms with van der Waals surface area (Å²) in [6, 6.07) is 22.4. The molecule has 0 aliphatic rings. The first-order chi connectivity index (χ1) is 16.2. The first kappa shape index (κ1) is 21.0. The fraction of sp³-hybridized carbons (Fsp3) is 0.250. The lowest BCUT2D eigenvalue weighted by atomic mass is 9.87. The third kappa shape index (κ3) is 3.40. The molecule has 0 saturated carbocycles. The summed E-state index contributed by atoms with van der Waals surface area (Å²) in [6.45, 7) is 13.3. The van der Waals surface area contributed by atoms with E-state index in [9.17, 15) is 0 Å². The molecule has 0 fully saturated rings. The SMILES string of the molecule is Cc1cc(C)cc(-c2cc3c4cc(CC(C)(C)C)nc5cccc(c6cc(C)cc(n2)c63)c54)c1. The van der Waals surface area contributed by atoms with Crippen LogP contribution in [-0.4, -0.2) is 9.97 Å². The molecule has 0 spiro atoms. The Kier molecular flexibility index (Phi) is 4.48. The minimum Gasteiger partial charge on any atom is -0.253 e. The van der Waals surface area contributed by atoms with Gasteiger partial charge in [-0.25, -0.2) is 4.98 Å². The second-order valence-electron chi connectivity index (χ2n) is 11.2. The van der Waals surface area contributed by atoms with Crippen molar-refractivity contribution < 1.29 is 0 Å². The van der Waals surface area contributed by atoms with E-state index in [2.05, 4.69) is 102 Å². The third-order valence-electron chi connectivity index (χ3n) is 6.75. The Morgan fingerprint density at radius 3 is 2.00 bits per heavy atom. The topological polar surface area (TPSA) is 25.8 Å². The minimum absolute atomic E-state index is 0.173. The number of hydrogen-bond acceptors (Lipinski definition) is 2. The van der Waals surface area contributed by atoms with E-state index in [1.807, 2.05) is 0 Å². The summed E-state index contributed by atoms with van der Waals surface area (Å²) in [5.41, 5.74) is 9.45. The van der Waals surface area contributed by atoms with Crippen LogP contribution < -0.4 is 0 Å². The van der Waals surface area contributed by atoms with Crippen LogP contribution in [0.4, 0.5) is 0 Å². The molecule has 0 atom stereocenters. The van der Waals surface area contributed by atoms with Gasteiger partial charge < -0.3 is 0 Å². The Bertz CT molecular complexity index is 1710. The zero-order chi connectivity index (χ0) is 23.8. The van der Waals surface area contributed by atoms with Gasteiger partial charge in [0.15, 0.2) is 0 Å². The van der Waals surface area contributed by atoms with E-state index >= 15 is 0 Å². The molecule has 0 amide bonds. The Labute approximate surface area is 201 Å². The second kappa shape index (κ2) is 7.24. The lowest BCUT2D eigenvalue weighted by Gasteiger charge is -2.20. The predicted octanol–water partition coefficient (Wildman–Crippen LogP) is 8.71. The minimum atomic E-state index is 0.173. The largest absolute Gasteiger partial charge is 0.253 e. The van der Waals surface area contributed by atoms with Crippen molar-refractivity contribution in [2.45, 2.75) is 48.0 Å². The van der Waals surface area contributed by atoms with Crippen molar-refractivity contribution in [1.82, 2.24) is 9.97 Å². The van der Waals surface area contributed by atoms with Crippen LogP contribution in [0.1, 0.15) is 43.2 Å². The van der Waals surface area contributed by atoms with Crippen molar-refractivity contribution in [2.24, 2.45) is 5.41 Å². The van der Waals surface area contributed by atoms with E-state index in [-0.39, 0.29) is 5.41 Å². The summed E-state index contributed by atoms with van der Waals surface area (Å²) in [4.78, 5) is 10.3. The number of benzene rings is 4. The van der Waals surface area contributed by atoms with Gasteiger partial charge in [0, 0.05) is 22.0 Å². The summed E-state index contributed by atoms with van der Waals surface area (Å²) < 4.78 is 0. The fourth-order valence-corrected chi connectivity index (χ4v) is 5.62. The molecule has 0 aliphatic heterocycles. The molecule has 2 aromatic heterocycles. The molecule has 168 valence electrons. The van der Waals surface area contributed by atoms with Gasteiger partial charge >= 0.3 is 0 Å². The van der Waals surface area contributed by atoms with Gasteiger partial charge in [0.1, 0.15) is 0 Å². The van der Waals surface area contributed by atoms with Gasteiger partial charge in [-0.05, 0) is 96.1 Å². The Morgan fingerprint density at radius 1 is 0.618 bits per heavy atom. The molecule has 0 radical (unpaired) electrons. The first-order valence-corrected chi connectivity index (χ1v) is 12.1. The molecule has 2 heterocycles. The maximum Gasteiger partial charge on any atom is 0.0724 e. The van der Waals surface area contributed by atoms with Crippen molar-refractivity contribution in [3.8, 4) is 11.3 Å². The fourth-order valence-electron chi connectivity index (χ4n) is 5.62. The highest BCUT2D eigenvalue weighted by molar-refractivity contribution is 6.32. The standard InChI is InChI=1S/C32H30N2/c1-18-10-19(2)12-21(11-18)28-16-26-25-15-22(17-32(4,5)6)33-27-9-7-8-23(30(25)27)24-13-20(3)14-29(34-28)31(24)26/h7-16H,17H2,1-6H3. The van der Waals surface area contributed by atoms with Gasteiger partial charge in [0.25, 0.3) is 0 Å². The highest BCUT2D eigenvalue weighted by Crippen LogP contribution is 2.42. The van der Waals surface area contributed by atoms with E-state index in [4.69, 9.17) is 9.97 Å². The van der Waals surface area contributed by atoms with Crippen LogP contribution in [0.3, 0.4) is 0 Å². The molecule has 2 nitrogen and oxygen atoms in total. The summed E-state index contributed by atoms with van der Waals surface area (Å²) in [6.07, 6.45) is 0.944. The summed E-state index contributed by atoms with van der Waals surface area (Å²) >= 11 is 0. The number of aryl methyl sites for hydroxylation is 3. The number of rotatable bonds is 2.